The van der Waals surface area contributed by atoms with Gasteiger partial charge in [-0.05, 0) is 44.1 Å². The number of amides is 1. The van der Waals surface area contributed by atoms with Crippen LogP contribution in [0, 0.1) is 17.8 Å². The van der Waals surface area contributed by atoms with Crippen molar-refractivity contribution in [1.29, 1.82) is 0 Å². The Morgan fingerprint density at radius 2 is 2.00 bits per heavy atom. The maximum atomic E-state index is 12.8. The van der Waals surface area contributed by atoms with Crippen LogP contribution in [0.2, 0.25) is 0 Å². The van der Waals surface area contributed by atoms with Gasteiger partial charge in [-0.3, -0.25) is 9.59 Å². The number of aryl methyl sites for hydroxylation is 1. The van der Waals surface area contributed by atoms with Crippen LogP contribution in [0.25, 0.3) is 10.8 Å². The maximum absolute atomic E-state index is 12.8. The molecule has 0 spiro atoms. The quantitative estimate of drug-likeness (QED) is 0.838. The fourth-order valence-electron chi connectivity index (χ4n) is 3.88. The molecule has 1 aromatic carbocycles. The van der Waals surface area contributed by atoms with Gasteiger partial charge in [-0.25, -0.2) is 10.1 Å². The van der Waals surface area contributed by atoms with E-state index in [2.05, 4.69) is 36.4 Å². The number of hydrazone groups is 1. The predicted molar refractivity (Wildman–Crippen MR) is 108 cm³/mol. The summed E-state index contributed by atoms with van der Waals surface area (Å²) in [5, 5.41) is 9.82. The second-order valence-electron chi connectivity index (χ2n) is 7.80. The Bertz CT molecular complexity index is 929. The third-order valence-electron chi connectivity index (χ3n) is 5.44. The van der Waals surface area contributed by atoms with Crippen LogP contribution < -0.4 is 11.0 Å². The molecule has 1 N–H and O–H groups in total. The Morgan fingerprint density at radius 3 is 2.67 bits per heavy atom. The highest BCUT2D eigenvalue weighted by atomic mass is 16.2. The van der Waals surface area contributed by atoms with E-state index in [1.54, 1.807) is 24.3 Å². The molecule has 0 radical (unpaired) electrons. The number of carbonyl (C=O) groups is 1. The van der Waals surface area contributed by atoms with Crippen molar-refractivity contribution >= 4 is 22.4 Å². The summed E-state index contributed by atoms with van der Waals surface area (Å²) >= 11 is 0. The summed E-state index contributed by atoms with van der Waals surface area (Å²) in [4.78, 5) is 25.3. The number of nitrogens with one attached hydrogen (secondary N) is 1. The zero-order valence-corrected chi connectivity index (χ0v) is 16.5. The molecule has 1 aliphatic rings. The van der Waals surface area contributed by atoms with Crippen LogP contribution in [-0.4, -0.2) is 21.4 Å². The molecular formula is C21H28N4O2. The van der Waals surface area contributed by atoms with Crippen molar-refractivity contribution in [3.63, 3.8) is 0 Å². The zero-order valence-electron chi connectivity index (χ0n) is 16.5. The van der Waals surface area contributed by atoms with Crippen molar-refractivity contribution in [3.05, 3.63) is 40.3 Å². The second kappa shape index (κ2) is 8.03. The first-order valence-electron chi connectivity index (χ1n) is 9.79. The summed E-state index contributed by atoms with van der Waals surface area (Å²) in [7, 11) is 0. The highest BCUT2D eigenvalue weighted by Crippen LogP contribution is 2.31. The third-order valence-corrected chi connectivity index (χ3v) is 5.44. The Morgan fingerprint density at radius 1 is 1.30 bits per heavy atom. The van der Waals surface area contributed by atoms with Gasteiger partial charge in [-0.2, -0.15) is 10.2 Å². The molecule has 2 aromatic rings. The monoisotopic (exact) mass is 368 g/mol. The average molecular weight is 368 g/mol. The lowest BCUT2D eigenvalue weighted by Gasteiger charge is -2.30. The molecule has 0 aliphatic heterocycles. The van der Waals surface area contributed by atoms with Crippen molar-refractivity contribution < 1.29 is 4.79 Å². The normalized spacial score (nSPS) is 21.7. The molecule has 1 aliphatic carbocycles. The molecule has 6 nitrogen and oxygen atoms in total. The molecule has 27 heavy (non-hydrogen) atoms. The number of benzene rings is 1. The van der Waals surface area contributed by atoms with Crippen molar-refractivity contribution in [2.45, 2.75) is 53.5 Å². The minimum Gasteiger partial charge on any atom is -0.267 e. The van der Waals surface area contributed by atoms with E-state index in [9.17, 15) is 9.59 Å². The van der Waals surface area contributed by atoms with Crippen molar-refractivity contribution in [3.8, 4) is 0 Å². The number of aromatic nitrogens is 2. The van der Waals surface area contributed by atoms with Crippen molar-refractivity contribution in [2.75, 3.05) is 0 Å². The van der Waals surface area contributed by atoms with Gasteiger partial charge in [-0.15, -0.1) is 0 Å². The van der Waals surface area contributed by atoms with E-state index in [1.807, 2.05) is 6.92 Å². The summed E-state index contributed by atoms with van der Waals surface area (Å²) < 4.78 is 1.32. The van der Waals surface area contributed by atoms with Gasteiger partial charge in [0.25, 0.3) is 11.5 Å². The highest BCUT2D eigenvalue weighted by Gasteiger charge is 2.27. The van der Waals surface area contributed by atoms with Gasteiger partial charge in [0.1, 0.15) is 0 Å². The molecule has 3 rings (SSSR count). The maximum Gasteiger partial charge on any atom is 0.292 e. The fraction of sp³-hybridized carbons (Fsp3) is 0.524. The van der Waals surface area contributed by atoms with Crippen LogP contribution in [0.5, 0.6) is 0 Å². The first-order valence-corrected chi connectivity index (χ1v) is 9.79. The smallest absolute Gasteiger partial charge is 0.267 e. The topological polar surface area (TPSA) is 76.3 Å². The molecule has 0 unspecified atom stereocenters. The Balaban J connectivity index is 1.94. The number of hydrogen-bond donors (Lipinski definition) is 1. The summed E-state index contributed by atoms with van der Waals surface area (Å²) in [6, 6.07) is 7.08. The minimum absolute atomic E-state index is 0.183. The van der Waals surface area contributed by atoms with E-state index in [0.29, 0.717) is 35.1 Å². The number of carbonyl (C=O) groups excluding carboxylic acids is 1. The molecule has 0 saturated heterocycles. The van der Waals surface area contributed by atoms with Gasteiger partial charge >= 0.3 is 0 Å². The predicted octanol–water partition coefficient (Wildman–Crippen LogP) is 3.59. The largest absolute Gasteiger partial charge is 0.292 e. The Hall–Kier alpha value is -2.50. The average Bonchev–Trinajstić information content (AvgIpc) is 2.66. The Labute approximate surface area is 159 Å². The molecule has 0 bridgehead atoms. The molecule has 1 saturated carbocycles. The van der Waals surface area contributed by atoms with E-state index in [4.69, 9.17) is 0 Å². The molecule has 1 heterocycles. The molecular weight excluding hydrogens is 340 g/mol. The van der Waals surface area contributed by atoms with Gasteiger partial charge in [0.2, 0.25) is 0 Å². The van der Waals surface area contributed by atoms with Crippen LogP contribution in [0.4, 0.5) is 0 Å². The summed E-state index contributed by atoms with van der Waals surface area (Å²) in [6.45, 7) is 8.86. The SMILES string of the molecule is CCn1nc(C(=O)N/N=C2/C[C@H](C)CC[C@@H]2C(C)C)c2ccccc2c1=O. The molecule has 1 fully saturated rings. The van der Waals surface area contributed by atoms with Crippen LogP contribution in [-0.2, 0) is 6.54 Å². The Kier molecular flexibility index (Phi) is 5.73. The first-order chi connectivity index (χ1) is 12.9. The number of hydrogen-bond acceptors (Lipinski definition) is 4. The van der Waals surface area contributed by atoms with Crippen molar-refractivity contribution in [2.24, 2.45) is 22.9 Å². The van der Waals surface area contributed by atoms with Crippen LogP contribution >= 0.6 is 0 Å². The van der Waals surface area contributed by atoms with Gasteiger partial charge in [0, 0.05) is 23.6 Å². The van der Waals surface area contributed by atoms with Crippen LogP contribution in [0.1, 0.15) is 57.4 Å². The van der Waals surface area contributed by atoms with E-state index < -0.39 is 0 Å². The van der Waals surface area contributed by atoms with E-state index in [-0.39, 0.29) is 17.2 Å². The van der Waals surface area contributed by atoms with Gasteiger partial charge in [0.05, 0.1) is 5.39 Å². The number of fused-ring (bicyclic) bond motifs is 1. The summed E-state index contributed by atoms with van der Waals surface area (Å²) in [6.07, 6.45) is 3.21. The molecule has 6 heteroatoms. The van der Waals surface area contributed by atoms with E-state index in [0.717, 1.165) is 18.6 Å². The van der Waals surface area contributed by atoms with Crippen molar-refractivity contribution in [1.82, 2.24) is 15.2 Å². The van der Waals surface area contributed by atoms with Gasteiger partial charge < -0.3 is 0 Å². The lowest BCUT2D eigenvalue weighted by Crippen LogP contribution is -2.32. The van der Waals surface area contributed by atoms with E-state index >= 15 is 0 Å². The summed E-state index contributed by atoms with van der Waals surface area (Å²) in [5.74, 6) is 1.10. The summed E-state index contributed by atoms with van der Waals surface area (Å²) in [5.41, 5.74) is 3.82. The number of nitrogens with zero attached hydrogens (tertiary/aromatic N) is 3. The van der Waals surface area contributed by atoms with Crippen LogP contribution in [0.15, 0.2) is 34.2 Å². The number of rotatable bonds is 4. The standard InChI is InChI=1S/C21H28N4O2/c1-5-25-21(27)17-9-7-6-8-16(17)19(24-25)20(26)23-22-18-12-14(4)10-11-15(18)13(2)3/h6-9,13-15H,5,10-12H2,1-4H3,(H,23,26)/b22-18-/t14-,15-/m1/s1. The molecule has 2 atom stereocenters. The molecule has 144 valence electrons. The third kappa shape index (κ3) is 3.94. The highest BCUT2D eigenvalue weighted by molar-refractivity contribution is 6.05. The fourth-order valence-corrected chi connectivity index (χ4v) is 3.88. The first kappa shape index (κ1) is 19.3. The minimum atomic E-state index is -0.373. The lowest BCUT2D eigenvalue weighted by atomic mass is 9.76. The molecule has 1 aromatic heterocycles. The zero-order chi connectivity index (χ0) is 19.6. The van der Waals surface area contributed by atoms with E-state index in [1.165, 1.54) is 11.1 Å². The molecule has 1 amide bonds. The van der Waals surface area contributed by atoms with Gasteiger partial charge in [0.15, 0.2) is 5.69 Å². The van der Waals surface area contributed by atoms with Crippen LogP contribution in [0.3, 0.4) is 0 Å². The lowest BCUT2D eigenvalue weighted by molar-refractivity contribution is 0.0948. The second-order valence-corrected chi connectivity index (χ2v) is 7.80. The van der Waals surface area contributed by atoms with Gasteiger partial charge in [-0.1, -0.05) is 39.0 Å².